The molecule has 0 unspecified atom stereocenters. The van der Waals surface area contributed by atoms with Crippen LogP contribution in [0.25, 0.3) is 0 Å². The highest BCUT2D eigenvalue weighted by atomic mass is 35.5. The van der Waals surface area contributed by atoms with Crippen molar-refractivity contribution in [2.24, 2.45) is 5.73 Å². The van der Waals surface area contributed by atoms with E-state index in [1.54, 1.807) is 0 Å². The fourth-order valence-corrected chi connectivity index (χ4v) is 3.30. The SMILES string of the molecule is CCCCN(CC(N)=O)S(=O)(=O)c1ccc(F)c(Cl)c1. The average molecular weight is 323 g/mol. The van der Waals surface area contributed by atoms with Crippen LogP contribution in [0.3, 0.4) is 0 Å². The molecule has 0 saturated carbocycles. The van der Waals surface area contributed by atoms with Crippen LogP contribution in [0.15, 0.2) is 23.1 Å². The van der Waals surface area contributed by atoms with Gasteiger partial charge in [0.25, 0.3) is 0 Å². The second-order valence-electron chi connectivity index (χ2n) is 4.23. The molecular weight excluding hydrogens is 307 g/mol. The van der Waals surface area contributed by atoms with Crippen LogP contribution >= 0.6 is 11.6 Å². The van der Waals surface area contributed by atoms with Crippen molar-refractivity contribution in [2.75, 3.05) is 13.1 Å². The molecule has 1 rings (SSSR count). The molecule has 0 spiro atoms. The molecule has 112 valence electrons. The van der Waals surface area contributed by atoms with Crippen LogP contribution in [0.5, 0.6) is 0 Å². The molecule has 0 aliphatic heterocycles. The molecule has 20 heavy (non-hydrogen) atoms. The van der Waals surface area contributed by atoms with Crippen molar-refractivity contribution in [3.05, 3.63) is 29.0 Å². The van der Waals surface area contributed by atoms with Crippen LogP contribution < -0.4 is 5.73 Å². The maximum absolute atomic E-state index is 13.1. The van der Waals surface area contributed by atoms with Gasteiger partial charge in [-0.3, -0.25) is 4.79 Å². The summed E-state index contributed by atoms with van der Waals surface area (Å²) in [6.45, 7) is 1.64. The van der Waals surface area contributed by atoms with Crippen molar-refractivity contribution in [3.63, 3.8) is 0 Å². The minimum atomic E-state index is -3.93. The molecule has 0 bridgehead atoms. The Morgan fingerprint density at radius 1 is 1.45 bits per heavy atom. The number of nitrogens with two attached hydrogens (primary N) is 1. The number of nitrogens with zero attached hydrogens (tertiary/aromatic N) is 1. The third kappa shape index (κ3) is 4.16. The molecule has 1 aromatic carbocycles. The summed E-state index contributed by atoms with van der Waals surface area (Å²) in [5.41, 5.74) is 5.06. The standard InChI is InChI=1S/C12H16ClFN2O3S/c1-2-3-6-16(8-12(15)17)20(18,19)9-4-5-11(14)10(13)7-9/h4-5,7H,2-3,6,8H2,1H3,(H2,15,17). The number of hydrogen-bond donors (Lipinski definition) is 1. The first-order chi connectivity index (χ1) is 9.28. The normalized spacial score (nSPS) is 11.8. The summed E-state index contributed by atoms with van der Waals surface area (Å²) in [5.74, 6) is -1.46. The number of unbranched alkanes of at least 4 members (excludes halogenated alkanes) is 1. The number of benzene rings is 1. The molecule has 0 saturated heterocycles. The van der Waals surface area contributed by atoms with Gasteiger partial charge in [0.05, 0.1) is 16.5 Å². The van der Waals surface area contributed by atoms with Gasteiger partial charge in [-0.25, -0.2) is 12.8 Å². The molecule has 1 aromatic rings. The zero-order valence-electron chi connectivity index (χ0n) is 11.0. The van der Waals surface area contributed by atoms with Crippen LogP contribution in [-0.2, 0) is 14.8 Å². The fraction of sp³-hybridized carbons (Fsp3) is 0.417. The predicted molar refractivity (Wildman–Crippen MR) is 74.3 cm³/mol. The average Bonchev–Trinajstić information content (AvgIpc) is 2.37. The van der Waals surface area contributed by atoms with Crippen molar-refractivity contribution < 1.29 is 17.6 Å². The van der Waals surface area contributed by atoms with E-state index >= 15 is 0 Å². The molecule has 0 fully saturated rings. The predicted octanol–water partition coefficient (Wildman–Crippen LogP) is 1.76. The first kappa shape index (κ1) is 16.9. The molecule has 8 heteroatoms. The lowest BCUT2D eigenvalue weighted by Gasteiger charge is -2.20. The fourth-order valence-electron chi connectivity index (χ4n) is 1.58. The highest BCUT2D eigenvalue weighted by Crippen LogP contribution is 2.22. The molecule has 5 nitrogen and oxygen atoms in total. The van der Waals surface area contributed by atoms with Crippen LogP contribution in [0.1, 0.15) is 19.8 Å². The molecule has 2 N–H and O–H groups in total. The van der Waals surface area contributed by atoms with E-state index < -0.39 is 28.3 Å². The molecule has 0 aromatic heterocycles. The maximum atomic E-state index is 13.1. The molecule has 0 radical (unpaired) electrons. The first-order valence-electron chi connectivity index (χ1n) is 6.02. The van der Waals surface area contributed by atoms with Crippen molar-refractivity contribution >= 4 is 27.5 Å². The van der Waals surface area contributed by atoms with Gasteiger partial charge in [-0.2, -0.15) is 4.31 Å². The number of sulfonamides is 1. The van der Waals surface area contributed by atoms with E-state index in [9.17, 15) is 17.6 Å². The summed E-state index contributed by atoms with van der Waals surface area (Å²) in [6, 6.07) is 3.10. The van der Waals surface area contributed by atoms with Gasteiger partial charge in [0.1, 0.15) is 5.82 Å². The number of halogens is 2. The molecule has 0 atom stereocenters. The maximum Gasteiger partial charge on any atom is 0.243 e. The number of hydrogen-bond acceptors (Lipinski definition) is 3. The Morgan fingerprint density at radius 3 is 2.60 bits per heavy atom. The van der Waals surface area contributed by atoms with E-state index in [-0.39, 0.29) is 16.5 Å². The highest BCUT2D eigenvalue weighted by Gasteiger charge is 2.26. The van der Waals surface area contributed by atoms with Crippen molar-refractivity contribution in [3.8, 4) is 0 Å². The van der Waals surface area contributed by atoms with Crippen molar-refractivity contribution in [1.82, 2.24) is 4.31 Å². The molecule has 0 heterocycles. The largest absolute Gasteiger partial charge is 0.369 e. The lowest BCUT2D eigenvalue weighted by molar-refractivity contribution is -0.118. The third-order valence-corrected chi connectivity index (χ3v) is 4.75. The van der Waals surface area contributed by atoms with Gasteiger partial charge >= 0.3 is 0 Å². The number of amides is 1. The van der Waals surface area contributed by atoms with Crippen LogP contribution in [-0.4, -0.2) is 31.7 Å². The summed E-state index contributed by atoms with van der Waals surface area (Å²) < 4.78 is 38.8. The van der Waals surface area contributed by atoms with Gasteiger partial charge in [-0.15, -0.1) is 0 Å². The zero-order chi connectivity index (χ0) is 15.3. The zero-order valence-corrected chi connectivity index (χ0v) is 12.5. The summed E-state index contributed by atoms with van der Waals surface area (Å²) in [4.78, 5) is 10.8. The van der Waals surface area contributed by atoms with E-state index in [1.807, 2.05) is 6.92 Å². The molecule has 0 aliphatic rings. The second kappa shape index (κ2) is 7.01. The Bertz CT molecular complexity index is 592. The van der Waals surface area contributed by atoms with Crippen LogP contribution in [0.4, 0.5) is 4.39 Å². The van der Waals surface area contributed by atoms with Crippen molar-refractivity contribution in [2.45, 2.75) is 24.7 Å². The monoisotopic (exact) mass is 322 g/mol. The van der Waals surface area contributed by atoms with Gasteiger partial charge in [0.15, 0.2) is 0 Å². The number of rotatable bonds is 7. The van der Waals surface area contributed by atoms with Crippen LogP contribution in [0.2, 0.25) is 5.02 Å². The van der Waals surface area contributed by atoms with E-state index in [4.69, 9.17) is 17.3 Å². The van der Waals surface area contributed by atoms with E-state index in [0.717, 1.165) is 28.9 Å². The van der Waals surface area contributed by atoms with E-state index in [0.29, 0.717) is 6.42 Å². The Morgan fingerprint density at radius 2 is 2.10 bits per heavy atom. The molecule has 1 amide bonds. The smallest absolute Gasteiger partial charge is 0.243 e. The van der Waals surface area contributed by atoms with Gasteiger partial charge in [0.2, 0.25) is 15.9 Å². The minimum absolute atomic E-state index is 0.163. The lowest BCUT2D eigenvalue weighted by atomic mass is 10.3. The van der Waals surface area contributed by atoms with Gasteiger partial charge in [-0.1, -0.05) is 24.9 Å². The van der Waals surface area contributed by atoms with Gasteiger partial charge < -0.3 is 5.73 Å². The summed E-state index contributed by atoms with van der Waals surface area (Å²) in [7, 11) is -3.93. The molecular formula is C12H16ClFN2O3S. The lowest BCUT2D eigenvalue weighted by Crippen LogP contribution is -2.39. The van der Waals surface area contributed by atoms with E-state index in [1.165, 1.54) is 0 Å². The van der Waals surface area contributed by atoms with E-state index in [2.05, 4.69) is 0 Å². The van der Waals surface area contributed by atoms with Crippen LogP contribution in [0, 0.1) is 5.82 Å². The highest BCUT2D eigenvalue weighted by molar-refractivity contribution is 7.89. The first-order valence-corrected chi connectivity index (χ1v) is 7.84. The molecule has 0 aliphatic carbocycles. The Labute approximate surface area is 122 Å². The number of carbonyl (C=O) groups excluding carboxylic acids is 1. The van der Waals surface area contributed by atoms with Gasteiger partial charge in [0, 0.05) is 6.54 Å². The summed E-state index contributed by atoms with van der Waals surface area (Å²) in [6.07, 6.45) is 1.34. The minimum Gasteiger partial charge on any atom is -0.369 e. The summed E-state index contributed by atoms with van der Waals surface area (Å²) >= 11 is 5.59. The van der Waals surface area contributed by atoms with Gasteiger partial charge in [-0.05, 0) is 24.6 Å². The second-order valence-corrected chi connectivity index (χ2v) is 6.58. The van der Waals surface area contributed by atoms with Crippen molar-refractivity contribution in [1.29, 1.82) is 0 Å². The Balaban J connectivity index is 3.13. The summed E-state index contributed by atoms with van der Waals surface area (Å²) in [5, 5.41) is -0.291. The Kier molecular flexibility index (Phi) is 5.91. The topological polar surface area (TPSA) is 80.5 Å². The third-order valence-electron chi connectivity index (χ3n) is 2.62. The number of primary amides is 1. The Hall–Kier alpha value is -1.18. The quantitative estimate of drug-likeness (QED) is 0.830. The number of carbonyl (C=O) groups is 1.